The van der Waals surface area contributed by atoms with Gasteiger partial charge in [0.15, 0.2) is 0 Å². The van der Waals surface area contributed by atoms with Gasteiger partial charge in [0, 0.05) is 19.5 Å². The number of imidazole rings is 1. The molecule has 1 aliphatic heterocycles. The summed E-state index contributed by atoms with van der Waals surface area (Å²) in [4.78, 5) is 4.60. The molecule has 2 heterocycles. The molecule has 1 aromatic heterocycles. The van der Waals surface area contributed by atoms with Gasteiger partial charge in [0.2, 0.25) is 0 Å². The first-order valence-corrected chi connectivity index (χ1v) is 6.14. The minimum atomic E-state index is 0.567. The first-order chi connectivity index (χ1) is 8.36. The molecule has 0 bridgehead atoms. The van der Waals surface area contributed by atoms with E-state index in [2.05, 4.69) is 46.2 Å². The maximum atomic E-state index is 4.60. The molecule has 0 spiro atoms. The summed E-state index contributed by atoms with van der Waals surface area (Å²) in [6.45, 7) is 2.16. The zero-order valence-corrected chi connectivity index (χ0v) is 10.1. The summed E-state index contributed by atoms with van der Waals surface area (Å²) in [5.74, 6) is 1.77. The van der Waals surface area contributed by atoms with Gasteiger partial charge in [-0.1, -0.05) is 30.3 Å². The van der Waals surface area contributed by atoms with Gasteiger partial charge >= 0.3 is 0 Å². The van der Waals surface area contributed by atoms with Crippen LogP contribution >= 0.6 is 0 Å². The van der Waals surface area contributed by atoms with Crippen molar-refractivity contribution in [2.75, 3.05) is 13.1 Å². The van der Waals surface area contributed by atoms with Gasteiger partial charge < -0.3 is 9.88 Å². The van der Waals surface area contributed by atoms with E-state index >= 15 is 0 Å². The Kier molecular flexibility index (Phi) is 2.69. The standard InChI is InChI=1S/C14H17N3/c1-17-13(11-5-3-2-4-6-11)10-16-14(17)12-7-8-15-9-12/h2-6,10,12,15H,7-9H2,1H3. The van der Waals surface area contributed by atoms with Crippen molar-refractivity contribution in [3.8, 4) is 11.3 Å². The lowest BCUT2D eigenvalue weighted by Gasteiger charge is -2.10. The average molecular weight is 227 g/mol. The van der Waals surface area contributed by atoms with Crippen molar-refractivity contribution >= 4 is 0 Å². The number of nitrogens with zero attached hydrogens (tertiary/aromatic N) is 2. The van der Waals surface area contributed by atoms with Crippen LogP contribution in [0.4, 0.5) is 0 Å². The van der Waals surface area contributed by atoms with E-state index in [1.165, 1.54) is 23.5 Å². The first kappa shape index (κ1) is 10.5. The zero-order valence-electron chi connectivity index (χ0n) is 10.1. The molecular formula is C14H17N3. The van der Waals surface area contributed by atoms with Crippen molar-refractivity contribution in [1.82, 2.24) is 14.9 Å². The van der Waals surface area contributed by atoms with E-state index in [9.17, 15) is 0 Å². The first-order valence-electron chi connectivity index (χ1n) is 6.14. The van der Waals surface area contributed by atoms with Crippen molar-refractivity contribution in [1.29, 1.82) is 0 Å². The number of benzene rings is 1. The van der Waals surface area contributed by atoms with Crippen LogP contribution in [0.15, 0.2) is 36.5 Å². The molecule has 17 heavy (non-hydrogen) atoms. The molecule has 3 rings (SSSR count). The number of hydrogen-bond acceptors (Lipinski definition) is 2. The minimum Gasteiger partial charge on any atom is -0.331 e. The number of aromatic nitrogens is 2. The predicted molar refractivity (Wildman–Crippen MR) is 68.9 cm³/mol. The Bertz CT molecular complexity index is 495. The lowest BCUT2D eigenvalue weighted by molar-refractivity contribution is 0.662. The normalized spacial score (nSPS) is 19.7. The third-order valence-electron chi connectivity index (χ3n) is 3.52. The van der Waals surface area contributed by atoms with Crippen LogP contribution < -0.4 is 5.32 Å². The van der Waals surface area contributed by atoms with E-state index in [0.717, 1.165) is 13.1 Å². The van der Waals surface area contributed by atoms with Crippen molar-refractivity contribution in [2.24, 2.45) is 7.05 Å². The largest absolute Gasteiger partial charge is 0.331 e. The highest BCUT2D eigenvalue weighted by Crippen LogP contribution is 2.26. The molecule has 1 fully saturated rings. The second-order valence-electron chi connectivity index (χ2n) is 4.62. The fraction of sp³-hybridized carbons (Fsp3) is 0.357. The minimum absolute atomic E-state index is 0.567. The Morgan fingerprint density at radius 3 is 2.82 bits per heavy atom. The third kappa shape index (κ3) is 1.87. The van der Waals surface area contributed by atoms with Crippen LogP contribution in [0, 0.1) is 0 Å². The fourth-order valence-electron chi connectivity index (χ4n) is 2.56. The predicted octanol–water partition coefficient (Wildman–Crippen LogP) is 2.16. The molecule has 0 radical (unpaired) electrons. The molecule has 2 aromatic rings. The number of nitrogens with one attached hydrogen (secondary N) is 1. The molecule has 3 heteroatoms. The zero-order chi connectivity index (χ0) is 11.7. The van der Waals surface area contributed by atoms with E-state index in [4.69, 9.17) is 0 Å². The highest BCUT2D eigenvalue weighted by atomic mass is 15.1. The molecule has 0 amide bonds. The highest BCUT2D eigenvalue weighted by molar-refractivity contribution is 5.59. The molecule has 1 aromatic carbocycles. The summed E-state index contributed by atoms with van der Waals surface area (Å²) in [7, 11) is 2.11. The van der Waals surface area contributed by atoms with Gasteiger partial charge in [-0.05, 0) is 18.5 Å². The molecule has 3 nitrogen and oxygen atoms in total. The summed E-state index contributed by atoms with van der Waals surface area (Å²) < 4.78 is 2.23. The van der Waals surface area contributed by atoms with Crippen molar-refractivity contribution < 1.29 is 0 Å². The maximum absolute atomic E-state index is 4.60. The maximum Gasteiger partial charge on any atom is 0.113 e. The molecule has 0 aliphatic carbocycles. The second-order valence-corrected chi connectivity index (χ2v) is 4.62. The smallest absolute Gasteiger partial charge is 0.113 e. The SMILES string of the molecule is Cn1c(-c2ccccc2)cnc1C1CCNC1. The van der Waals surface area contributed by atoms with Crippen LogP contribution in [-0.4, -0.2) is 22.6 Å². The summed E-state index contributed by atoms with van der Waals surface area (Å²) >= 11 is 0. The van der Waals surface area contributed by atoms with E-state index in [0.29, 0.717) is 5.92 Å². The summed E-state index contributed by atoms with van der Waals surface area (Å²) in [6.07, 6.45) is 3.18. The Morgan fingerprint density at radius 2 is 2.12 bits per heavy atom. The van der Waals surface area contributed by atoms with Crippen LogP contribution in [0.5, 0.6) is 0 Å². The van der Waals surface area contributed by atoms with Crippen molar-refractivity contribution in [3.63, 3.8) is 0 Å². The lowest BCUT2D eigenvalue weighted by atomic mass is 10.1. The monoisotopic (exact) mass is 227 g/mol. The summed E-state index contributed by atoms with van der Waals surface area (Å²) in [6, 6.07) is 10.4. The van der Waals surface area contributed by atoms with Gasteiger partial charge in [0.05, 0.1) is 11.9 Å². The summed E-state index contributed by atoms with van der Waals surface area (Å²) in [5, 5.41) is 3.39. The fourth-order valence-corrected chi connectivity index (χ4v) is 2.56. The van der Waals surface area contributed by atoms with Crippen molar-refractivity contribution in [3.05, 3.63) is 42.4 Å². The Morgan fingerprint density at radius 1 is 1.29 bits per heavy atom. The molecule has 1 unspecified atom stereocenters. The molecular weight excluding hydrogens is 210 g/mol. The van der Waals surface area contributed by atoms with E-state index in [1.807, 2.05) is 12.3 Å². The van der Waals surface area contributed by atoms with Crippen LogP contribution in [0.3, 0.4) is 0 Å². The van der Waals surface area contributed by atoms with Gasteiger partial charge in [-0.3, -0.25) is 0 Å². The summed E-state index contributed by atoms with van der Waals surface area (Å²) in [5.41, 5.74) is 2.44. The molecule has 1 atom stereocenters. The second kappa shape index (κ2) is 4.34. The van der Waals surface area contributed by atoms with Gasteiger partial charge in [0.1, 0.15) is 5.82 Å². The lowest BCUT2D eigenvalue weighted by Crippen LogP contribution is -2.11. The van der Waals surface area contributed by atoms with Gasteiger partial charge in [0.25, 0.3) is 0 Å². The highest BCUT2D eigenvalue weighted by Gasteiger charge is 2.21. The molecule has 1 aliphatic rings. The van der Waals surface area contributed by atoms with Crippen LogP contribution in [0.25, 0.3) is 11.3 Å². The Balaban J connectivity index is 1.97. The van der Waals surface area contributed by atoms with Gasteiger partial charge in [-0.2, -0.15) is 0 Å². The molecule has 1 saturated heterocycles. The Hall–Kier alpha value is -1.61. The average Bonchev–Trinajstić information content (AvgIpc) is 2.99. The number of hydrogen-bond donors (Lipinski definition) is 1. The van der Waals surface area contributed by atoms with Crippen LogP contribution in [0.1, 0.15) is 18.2 Å². The molecule has 88 valence electrons. The van der Waals surface area contributed by atoms with Crippen LogP contribution in [0.2, 0.25) is 0 Å². The number of rotatable bonds is 2. The van der Waals surface area contributed by atoms with Gasteiger partial charge in [-0.25, -0.2) is 4.98 Å². The Labute approximate surface area is 101 Å². The van der Waals surface area contributed by atoms with E-state index in [1.54, 1.807) is 0 Å². The van der Waals surface area contributed by atoms with E-state index < -0.39 is 0 Å². The van der Waals surface area contributed by atoms with E-state index in [-0.39, 0.29) is 0 Å². The van der Waals surface area contributed by atoms with Gasteiger partial charge in [-0.15, -0.1) is 0 Å². The quantitative estimate of drug-likeness (QED) is 0.852. The molecule has 1 N–H and O–H groups in total. The van der Waals surface area contributed by atoms with Crippen molar-refractivity contribution in [2.45, 2.75) is 12.3 Å². The van der Waals surface area contributed by atoms with Crippen LogP contribution in [-0.2, 0) is 7.05 Å². The third-order valence-corrected chi connectivity index (χ3v) is 3.52. The molecule has 0 saturated carbocycles. The topological polar surface area (TPSA) is 29.9 Å².